The fourth-order valence-electron chi connectivity index (χ4n) is 1.86. The second-order valence-corrected chi connectivity index (χ2v) is 4.19. The zero-order valence-electron chi connectivity index (χ0n) is 11.1. The van der Waals surface area contributed by atoms with Gasteiger partial charge in [0, 0.05) is 19.2 Å². The summed E-state index contributed by atoms with van der Waals surface area (Å²) in [5, 5.41) is 7.80. The van der Waals surface area contributed by atoms with Crippen LogP contribution in [0.4, 0.5) is 5.82 Å². The molecule has 0 saturated carbocycles. The van der Waals surface area contributed by atoms with Crippen LogP contribution in [0.5, 0.6) is 5.75 Å². The number of aryl methyl sites for hydroxylation is 2. The van der Waals surface area contributed by atoms with Crippen LogP contribution in [0.2, 0.25) is 0 Å². The number of nitrogens with zero attached hydrogens (tertiary/aromatic N) is 2. The molecule has 0 spiro atoms. The third-order valence-electron chi connectivity index (χ3n) is 2.83. The predicted molar refractivity (Wildman–Crippen MR) is 73.0 cm³/mol. The molecule has 18 heavy (non-hydrogen) atoms. The van der Waals surface area contributed by atoms with Gasteiger partial charge in [-0.05, 0) is 31.5 Å². The maximum atomic E-state index is 5.14. The number of methoxy groups -OCH3 is 1. The van der Waals surface area contributed by atoms with Crippen molar-refractivity contribution >= 4 is 5.82 Å². The van der Waals surface area contributed by atoms with Gasteiger partial charge in [0.1, 0.15) is 11.6 Å². The van der Waals surface area contributed by atoms with Gasteiger partial charge in [0.05, 0.1) is 12.8 Å². The lowest BCUT2D eigenvalue weighted by atomic mass is 10.2. The molecule has 0 fully saturated rings. The van der Waals surface area contributed by atoms with Crippen molar-refractivity contribution in [1.29, 1.82) is 0 Å². The molecule has 0 atom stereocenters. The molecule has 96 valence electrons. The van der Waals surface area contributed by atoms with E-state index in [1.807, 2.05) is 23.7 Å². The molecule has 1 N–H and O–H groups in total. The number of aromatic nitrogens is 2. The van der Waals surface area contributed by atoms with Crippen LogP contribution in [-0.4, -0.2) is 16.9 Å². The summed E-state index contributed by atoms with van der Waals surface area (Å²) in [5.41, 5.74) is 2.26. The quantitative estimate of drug-likeness (QED) is 0.880. The molecule has 4 heteroatoms. The van der Waals surface area contributed by atoms with Crippen LogP contribution < -0.4 is 10.1 Å². The Morgan fingerprint density at radius 3 is 2.61 bits per heavy atom. The van der Waals surface area contributed by atoms with Gasteiger partial charge in [-0.15, -0.1) is 0 Å². The minimum absolute atomic E-state index is 0.787. The van der Waals surface area contributed by atoms with Crippen molar-refractivity contribution in [2.24, 2.45) is 0 Å². The molecule has 0 bridgehead atoms. The average molecular weight is 245 g/mol. The highest BCUT2D eigenvalue weighted by Crippen LogP contribution is 2.14. The summed E-state index contributed by atoms with van der Waals surface area (Å²) in [7, 11) is 1.68. The number of ether oxygens (including phenoxy) is 1. The molecule has 2 rings (SSSR count). The van der Waals surface area contributed by atoms with Crippen LogP contribution in [0.1, 0.15) is 18.2 Å². The highest BCUT2D eigenvalue weighted by atomic mass is 16.5. The second kappa shape index (κ2) is 5.58. The maximum Gasteiger partial charge on any atom is 0.124 e. The predicted octanol–water partition coefficient (Wildman–Crippen LogP) is 2.83. The molecule has 0 aliphatic heterocycles. The van der Waals surface area contributed by atoms with Gasteiger partial charge >= 0.3 is 0 Å². The van der Waals surface area contributed by atoms with Crippen LogP contribution in [0, 0.1) is 6.92 Å². The van der Waals surface area contributed by atoms with Gasteiger partial charge in [0.2, 0.25) is 0 Å². The SMILES string of the molecule is CCn1nc(C)cc1NCc1ccc(OC)cc1. The molecule has 0 unspecified atom stereocenters. The van der Waals surface area contributed by atoms with Crippen LogP contribution >= 0.6 is 0 Å². The van der Waals surface area contributed by atoms with E-state index in [0.29, 0.717) is 0 Å². The van der Waals surface area contributed by atoms with Crippen LogP contribution in [-0.2, 0) is 13.1 Å². The van der Waals surface area contributed by atoms with Crippen LogP contribution in [0.15, 0.2) is 30.3 Å². The van der Waals surface area contributed by atoms with E-state index in [1.54, 1.807) is 7.11 Å². The summed E-state index contributed by atoms with van der Waals surface area (Å²) in [4.78, 5) is 0. The highest BCUT2D eigenvalue weighted by Gasteiger charge is 2.03. The van der Waals surface area contributed by atoms with Crippen molar-refractivity contribution < 1.29 is 4.74 Å². The lowest BCUT2D eigenvalue weighted by Gasteiger charge is -2.08. The zero-order chi connectivity index (χ0) is 13.0. The van der Waals surface area contributed by atoms with E-state index in [9.17, 15) is 0 Å². The molecular formula is C14H19N3O. The third-order valence-corrected chi connectivity index (χ3v) is 2.83. The number of rotatable bonds is 5. The lowest BCUT2D eigenvalue weighted by molar-refractivity contribution is 0.414. The molecule has 0 aliphatic carbocycles. The van der Waals surface area contributed by atoms with E-state index in [0.717, 1.165) is 30.4 Å². The number of benzene rings is 1. The Kier molecular flexibility index (Phi) is 3.87. The van der Waals surface area contributed by atoms with Gasteiger partial charge in [0.15, 0.2) is 0 Å². The van der Waals surface area contributed by atoms with Gasteiger partial charge in [-0.1, -0.05) is 12.1 Å². The van der Waals surface area contributed by atoms with Crippen molar-refractivity contribution in [1.82, 2.24) is 9.78 Å². The largest absolute Gasteiger partial charge is 0.497 e. The normalized spacial score (nSPS) is 10.4. The number of anilines is 1. The van der Waals surface area contributed by atoms with Crippen molar-refractivity contribution in [3.05, 3.63) is 41.6 Å². The van der Waals surface area contributed by atoms with Crippen molar-refractivity contribution in [3.8, 4) is 5.75 Å². The first-order valence-electron chi connectivity index (χ1n) is 6.14. The van der Waals surface area contributed by atoms with Crippen molar-refractivity contribution in [2.75, 3.05) is 12.4 Å². The van der Waals surface area contributed by atoms with E-state index in [2.05, 4.69) is 35.5 Å². The smallest absolute Gasteiger partial charge is 0.124 e. The first-order chi connectivity index (χ1) is 8.72. The molecule has 0 saturated heterocycles. The van der Waals surface area contributed by atoms with E-state index < -0.39 is 0 Å². The molecule has 2 aromatic rings. The Balaban J connectivity index is 2.01. The minimum Gasteiger partial charge on any atom is -0.497 e. The maximum absolute atomic E-state index is 5.14. The minimum atomic E-state index is 0.787. The van der Waals surface area contributed by atoms with Crippen LogP contribution in [0.25, 0.3) is 0 Å². The van der Waals surface area contributed by atoms with E-state index in [1.165, 1.54) is 5.56 Å². The molecule has 0 amide bonds. The third kappa shape index (κ3) is 2.83. The highest BCUT2D eigenvalue weighted by molar-refractivity contribution is 5.38. The second-order valence-electron chi connectivity index (χ2n) is 4.19. The molecule has 4 nitrogen and oxygen atoms in total. The Labute approximate surface area is 108 Å². The molecule has 1 heterocycles. The zero-order valence-corrected chi connectivity index (χ0v) is 11.1. The van der Waals surface area contributed by atoms with Gasteiger partial charge in [-0.3, -0.25) is 0 Å². The first-order valence-corrected chi connectivity index (χ1v) is 6.14. The summed E-state index contributed by atoms with van der Waals surface area (Å²) in [6.45, 7) is 5.75. The number of nitrogens with one attached hydrogen (secondary N) is 1. The monoisotopic (exact) mass is 245 g/mol. The van der Waals surface area contributed by atoms with E-state index in [-0.39, 0.29) is 0 Å². The summed E-state index contributed by atoms with van der Waals surface area (Å²) in [6, 6.07) is 10.1. The Hall–Kier alpha value is -1.97. The number of hydrogen-bond donors (Lipinski definition) is 1. The summed E-state index contributed by atoms with van der Waals surface area (Å²) in [5.74, 6) is 1.94. The first kappa shape index (κ1) is 12.5. The van der Waals surface area contributed by atoms with Gasteiger partial charge in [-0.25, -0.2) is 4.68 Å². The summed E-state index contributed by atoms with van der Waals surface area (Å²) in [6.07, 6.45) is 0. The van der Waals surface area contributed by atoms with E-state index >= 15 is 0 Å². The summed E-state index contributed by atoms with van der Waals surface area (Å²) >= 11 is 0. The van der Waals surface area contributed by atoms with Crippen molar-refractivity contribution in [3.63, 3.8) is 0 Å². The Morgan fingerprint density at radius 2 is 2.00 bits per heavy atom. The van der Waals surface area contributed by atoms with Crippen molar-refractivity contribution in [2.45, 2.75) is 26.9 Å². The number of hydrogen-bond acceptors (Lipinski definition) is 3. The lowest BCUT2D eigenvalue weighted by Crippen LogP contribution is -2.06. The van der Waals surface area contributed by atoms with Crippen LogP contribution in [0.3, 0.4) is 0 Å². The van der Waals surface area contributed by atoms with Gasteiger partial charge in [0.25, 0.3) is 0 Å². The van der Waals surface area contributed by atoms with E-state index in [4.69, 9.17) is 4.74 Å². The summed E-state index contributed by atoms with van der Waals surface area (Å²) < 4.78 is 7.11. The molecule has 1 aromatic heterocycles. The molecule has 1 aromatic carbocycles. The fourth-order valence-corrected chi connectivity index (χ4v) is 1.86. The van der Waals surface area contributed by atoms with Gasteiger partial charge < -0.3 is 10.1 Å². The Bertz CT molecular complexity index is 502. The molecule has 0 radical (unpaired) electrons. The average Bonchev–Trinajstić information content (AvgIpc) is 2.77. The standard InChI is InChI=1S/C14H19N3O/c1-4-17-14(9-11(2)16-17)15-10-12-5-7-13(18-3)8-6-12/h5-9,15H,4,10H2,1-3H3. The molecule has 0 aliphatic rings. The topological polar surface area (TPSA) is 39.1 Å². The fraction of sp³-hybridized carbons (Fsp3) is 0.357. The Morgan fingerprint density at radius 1 is 1.28 bits per heavy atom. The van der Waals surface area contributed by atoms with Gasteiger partial charge in [-0.2, -0.15) is 5.10 Å². The molecular weight excluding hydrogens is 226 g/mol.